The maximum Gasteiger partial charge on any atom is 0.0586 e. The molecule has 16 heavy (non-hydrogen) atoms. The van der Waals surface area contributed by atoms with Gasteiger partial charge in [-0.05, 0) is 32.1 Å². The third-order valence-electron chi connectivity index (χ3n) is 4.32. The van der Waals surface area contributed by atoms with Crippen molar-refractivity contribution in [3.63, 3.8) is 0 Å². The predicted octanol–water partition coefficient (Wildman–Crippen LogP) is 1.94. The summed E-state index contributed by atoms with van der Waals surface area (Å²) in [6.45, 7) is 5.53. The molecule has 2 atom stereocenters. The molecule has 3 heteroatoms. The normalized spacial score (nSPS) is 26.2. The zero-order chi connectivity index (χ0) is 12.0. The number of ether oxygens (including phenoxy) is 1. The van der Waals surface area contributed by atoms with Crippen LogP contribution in [-0.2, 0) is 4.74 Å². The molecule has 1 aliphatic rings. The Kier molecular flexibility index (Phi) is 5.73. The number of aliphatic hydroxyl groups is 1. The molecule has 0 saturated heterocycles. The van der Waals surface area contributed by atoms with Crippen LogP contribution in [0, 0.1) is 5.41 Å². The van der Waals surface area contributed by atoms with Crippen molar-refractivity contribution in [3.05, 3.63) is 0 Å². The Labute approximate surface area is 99.6 Å². The first-order valence-corrected chi connectivity index (χ1v) is 6.56. The number of nitrogens with one attached hydrogen (secondary N) is 1. The summed E-state index contributed by atoms with van der Waals surface area (Å²) in [6.07, 6.45) is 5.99. The summed E-state index contributed by atoms with van der Waals surface area (Å²) >= 11 is 0. The van der Waals surface area contributed by atoms with E-state index < -0.39 is 0 Å². The van der Waals surface area contributed by atoms with Gasteiger partial charge in [-0.15, -0.1) is 0 Å². The monoisotopic (exact) mass is 229 g/mol. The topological polar surface area (TPSA) is 41.5 Å². The minimum atomic E-state index is 0.0746. The summed E-state index contributed by atoms with van der Waals surface area (Å²) in [4.78, 5) is 0. The second-order valence-electron chi connectivity index (χ2n) is 5.11. The zero-order valence-corrected chi connectivity index (χ0v) is 11.0. The standard InChI is InChI=1S/C13H27NO2/c1-4-13(5-2,10-15)9-14-11-6-7-12(8-11)16-3/h11-12,14-15H,4-10H2,1-3H3. The van der Waals surface area contributed by atoms with Crippen molar-refractivity contribution < 1.29 is 9.84 Å². The fraction of sp³-hybridized carbons (Fsp3) is 1.00. The molecule has 3 nitrogen and oxygen atoms in total. The molecule has 1 rings (SSSR count). The van der Waals surface area contributed by atoms with Crippen molar-refractivity contribution in [2.24, 2.45) is 5.41 Å². The van der Waals surface area contributed by atoms with Gasteiger partial charge in [-0.1, -0.05) is 13.8 Å². The van der Waals surface area contributed by atoms with Gasteiger partial charge in [-0.2, -0.15) is 0 Å². The first-order chi connectivity index (χ1) is 7.69. The Morgan fingerprint density at radius 1 is 1.31 bits per heavy atom. The largest absolute Gasteiger partial charge is 0.396 e. The summed E-state index contributed by atoms with van der Waals surface area (Å²) in [6, 6.07) is 0.578. The zero-order valence-electron chi connectivity index (χ0n) is 11.0. The van der Waals surface area contributed by atoms with Gasteiger partial charge in [0.1, 0.15) is 0 Å². The molecule has 1 saturated carbocycles. The third-order valence-corrected chi connectivity index (χ3v) is 4.32. The van der Waals surface area contributed by atoms with E-state index in [4.69, 9.17) is 4.74 Å². The number of hydrogen-bond donors (Lipinski definition) is 2. The quantitative estimate of drug-likeness (QED) is 0.701. The van der Waals surface area contributed by atoms with E-state index in [0.29, 0.717) is 12.1 Å². The van der Waals surface area contributed by atoms with Crippen molar-refractivity contribution in [1.82, 2.24) is 5.32 Å². The molecule has 1 aliphatic carbocycles. The smallest absolute Gasteiger partial charge is 0.0586 e. The van der Waals surface area contributed by atoms with Crippen LogP contribution in [-0.4, -0.2) is 37.5 Å². The van der Waals surface area contributed by atoms with E-state index in [1.54, 1.807) is 7.11 Å². The third kappa shape index (κ3) is 3.44. The fourth-order valence-electron chi connectivity index (χ4n) is 2.48. The number of hydrogen-bond acceptors (Lipinski definition) is 3. The average molecular weight is 229 g/mol. The highest BCUT2D eigenvalue weighted by atomic mass is 16.5. The van der Waals surface area contributed by atoms with Crippen LogP contribution in [0.2, 0.25) is 0 Å². The van der Waals surface area contributed by atoms with Crippen LogP contribution in [0.4, 0.5) is 0 Å². The maximum absolute atomic E-state index is 9.48. The molecule has 0 heterocycles. The van der Waals surface area contributed by atoms with Crippen LogP contribution in [0.25, 0.3) is 0 Å². The van der Waals surface area contributed by atoms with Gasteiger partial charge in [0.25, 0.3) is 0 Å². The van der Waals surface area contributed by atoms with E-state index >= 15 is 0 Å². The second kappa shape index (κ2) is 6.58. The highest BCUT2D eigenvalue weighted by Gasteiger charge is 2.29. The highest BCUT2D eigenvalue weighted by Crippen LogP contribution is 2.27. The lowest BCUT2D eigenvalue weighted by Gasteiger charge is -2.31. The van der Waals surface area contributed by atoms with E-state index in [9.17, 15) is 5.11 Å². The molecule has 0 amide bonds. The number of rotatable bonds is 7. The van der Waals surface area contributed by atoms with Crippen molar-refractivity contribution in [1.29, 1.82) is 0 Å². The first-order valence-electron chi connectivity index (χ1n) is 6.56. The molecule has 0 aliphatic heterocycles. The van der Waals surface area contributed by atoms with Gasteiger partial charge < -0.3 is 15.2 Å². The molecule has 2 N–H and O–H groups in total. The summed E-state index contributed by atoms with van der Waals surface area (Å²) < 4.78 is 5.36. The summed E-state index contributed by atoms with van der Waals surface area (Å²) in [5.74, 6) is 0. The van der Waals surface area contributed by atoms with Crippen LogP contribution < -0.4 is 5.32 Å². The van der Waals surface area contributed by atoms with E-state index in [0.717, 1.165) is 25.8 Å². The fourth-order valence-corrected chi connectivity index (χ4v) is 2.48. The minimum Gasteiger partial charge on any atom is -0.396 e. The number of aliphatic hydroxyl groups excluding tert-OH is 1. The highest BCUT2D eigenvalue weighted by molar-refractivity contribution is 4.85. The molecule has 0 aromatic heterocycles. The van der Waals surface area contributed by atoms with Crippen LogP contribution >= 0.6 is 0 Å². The second-order valence-corrected chi connectivity index (χ2v) is 5.11. The minimum absolute atomic E-state index is 0.0746. The first kappa shape index (κ1) is 13.9. The molecule has 96 valence electrons. The van der Waals surface area contributed by atoms with Crippen LogP contribution in [0.5, 0.6) is 0 Å². The Hall–Kier alpha value is -0.120. The van der Waals surface area contributed by atoms with E-state index in [2.05, 4.69) is 19.2 Å². The molecule has 0 aromatic rings. The van der Waals surface area contributed by atoms with Crippen LogP contribution in [0.15, 0.2) is 0 Å². The van der Waals surface area contributed by atoms with E-state index in [1.807, 2.05) is 0 Å². The summed E-state index contributed by atoms with van der Waals surface area (Å²) in [5, 5.41) is 13.1. The van der Waals surface area contributed by atoms with Gasteiger partial charge in [0.2, 0.25) is 0 Å². The Bertz CT molecular complexity index is 184. The van der Waals surface area contributed by atoms with E-state index in [-0.39, 0.29) is 12.0 Å². The van der Waals surface area contributed by atoms with Gasteiger partial charge in [0.05, 0.1) is 6.10 Å². The van der Waals surface area contributed by atoms with Crippen LogP contribution in [0.1, 0.15) is 46.0 Å². The van der Waals surface area contributed by atoms with Gasteiger partial charge in [0.15, 0.2) is 0 Å². The molecular formula is C13H27NO2. The predicted molar refractivity (Wildman–Crippen MR) is 66.5 cm³/mol. The van der Waals surface area contributed by atoms with Crippen molar-refractivity contribution in [2.45, 2.75) is 58.1 Å². The molecule has 0 spiro atoms. The van der Waals surface area contributed by atoms with Gasteiger partial charge in [0, 0.05) is 31.7 Å². The molecular weight excluding hydrogens is 202 g/mol. The lowest BCUT2D eigenvalue weighted by Crippen LogP contribution is -2.40. The van der Waals surface area contributed by atoms with Gasteiger partial charge in [-0.25, -0.2) is 0 Å². The molecule has 0 bridgehead atoms. The van der Waals surface area contributed by atoms with Crippen molar-refractivity contribution in [3.8, 4) is 0 Å². The Morgan fingerprint density at radius 3 is 2.44 bits per heavy atom. The lowest BCUT2D eigenvalue weighted by molar-refractivity contribution is 0.0989. The molecule has 0 radical (unpaired) electrons. The molecule has 0 aromatic carbocycles. The van der Waals surface area contributed by atoms with Gasteiger partial charge >= 0.3 is 0 Å². The summed E-state index contributed by atoms with van der Waals surface area (Å²) in [7, 11) is 1.79. The SMILES string of the molecule is CCC(CC)(CO)CNC1CCC(OC)C1. The van der Waals surface area contributed by atoms with E-state index in [1.165, 1.54) is 12.8 Å². The van der Waals surface area contributed by atoms with Crippen molar-refractivity contribution in [2.75, 3.05) is 20.3 Å². The lowest BCUT2D eigenvalue weighted by atomic mass is 9.83. The Morgan fingerprint density at radius 2 is 2.00 bits per heavy atom. The van der Waals surface area contributed by atoms with Gasteiger partial charge in [-0.3, -0.25) is 0 Å². The molecule has 1 fully saturated rings. The molecule has 2 unspecified atom stereocenters. The summed E-state index contributed by atoms with van der Waals surface area (Å²) in [5.41, 5.74) is 0.0746. The number of methoxy groups -OCH3 is 1. The van der Waals surface area contributed by atoms with Crippen molar-refractivity contribution >= 4 is 0 Å². The Balaban J connectivity index is 2.33. The maximum atomic E-state index is 9.48. The van der Waals surface area contributed by atoms with Crippen LogP contribution in [0.3, 0.4) is 0 Å². The average Bonchev–Trinajstić information content (AvgIpc) is 2.80.